The molecular formula is C19H17FO7. The van der Waals surface area contributed by atoms with Gasteiger partial charge in [0.05, 0.1) is 30.8 Å². The lowest BCUT2D eigenvalue weighted by molar-refractivity contribution is -0.158. The first kappa shape index (κ1) is 17.8. The van der Waals surface area contributed by atoms with E-state index in [0.29, 0.717) is 11.1 Å². The second-order valence-electron chi connectivity index (χ2n) is 7.25. The zero-order valence-electron chi connectivity index (χ0n) is 14.5. The molecule has 0 radical (unpaired) electrons. The van der Waals surface area contributed by atoms with E-state index in [1.54, 1.807) is 31.2 Å². The van der Waals surface area contributed by atoms with Crippen molar-refractivity contribution in [3.63, 3.8) is 0 Å². The van der Waals surface area contributed by atoms with Gasteiger partial charge in [0, 0.05) is 11.3 Å². The summed E-state index contributed by atoms with van der Waals surface area (Å²) in [6, 6.07) is 6.93. The molecule has 2 fully saturated rings. The Bertz CT molecular complexity index is 850. The van der Waals surface area contributed by atoms with Gasteiger partial charge in [-0.3, -0.25) is 19.2 Å². The lowest BCUT2D eigenvalue weighted by Gasteiger charge is -2.48. The van der Waals surface area contributed by atoms with Crippen LogP contribution in [0.3, 0.4) is 0 Å². The van der Waals surface area contributed by atoms with Crippen LogP contribution in [0.2, 0.25) is 0 Å². The maximum atomic E-state index is 12.8. The molecule has 0 N–H and O–H groups in total. The highest BCUT2D eigenvalue weighted by molar-refractivity contribution is 6.01. The number of cyclic esters (lactones) is 4. The highest BCUT2D eigenvalue weighted by Gasteiger charge is 2.63. The van der Waals surface area contributed by atoms with E-state index in [1.807, 2.05) is 0 Å². The van der Waals surface area contributed by atoms with Crippen LogP contribution >= 0.6 is 0 Å². The van der Waals surface area contributed by atoms with Crippen molar-refractivity contribution in [2.24, 2.45) is 17.8 Å². The summed E-state index contributed by atoms with van der Waals surface area (Å²) in [4.78, 5) is 49.0. The Hall–Kier alpha value is -2.61. The van der Waals surface area contributed by atoms with E-state index < -0.39 is 59.8 Å². The van der Waals surface area contributed by atoms with Crippen LogP contribution in [0.25, 0.3) is 0 Å². The quantitative estimate of drug-likeness (QED) is 0.579. The zero-order valence-corrected chi connectivity index (χ0v) is 14.5. The number of esters is 4. The van der Waals surface area contributed by atoms with Gasteiger partial charge in [-0.05, 0) is 11.1 Å². The van der Waals surface area contributed by atoms with Gasteiger partial charge in [0.1, 0.15) is 0 Å². The highest BCUT2D eigenvalue weighted by atomic mass is 19.1. The molecule has 0 saturated carbocycles. The fourth-order valence-electron chi connectivity index (χ4n) is 4.89. The van der Waals surface area contributed by atoms with Crippen LogP contribution in [0.15, 0.2) is 24.3 Å². The van der Waals surface area contributed by atoms with Crippen molar-refractivity contribution in [2.75, 3.05) is 13.5 Å². The Kier molecular flexibility index (Phi) is 4.10. The minimum atomic E-state index is -1.08. The smallest absolute Gasteiger partial charge is 0.321 e. The van der Waals surface area contributed by atoms with E-state index in [1.165, 1.54) is 0 Å². The Morgan fingerprint density at radius 3 is 2.52 bits per heavy atom. The molecule has 1 aliphatic carbocycles. The minimum absolute atomic E-state index is 0.157. The number of hydrogen-bond acceptors (Lipinski definition) is 7. The lowest BCUT2D eigenvalue weighted by Crippen LogP contribution is -2.52. The third-order valence-corrected chi connectivity index (χ3v) is 6.13. The van der Waals surface area contributed by atoms with Crippen LogP contribution in [-0.4, -0.2) is 37.3 Å². The summed E-state index contributed by atoms with van der Waals surface area (Å²) in [7, 11) is 0. The van der Waals surface area contributed by atoms with Crippen LogP contribution in [0.1, 0.15) is 30.4 Å². The molecule has 1 aromatic rings. The van der Waals surface area contributed by atoms with Gasteiger partial charge in [-0.1, -0.05) is 31.2 Å². The summed E-state index contributed by atoms with van der Waals surface area (Å²) in [6.45, 7) is 0.445. The van der Waals surface area contributed by atoms with Crippen LogP contribution in [0.4, 0.5) is 4.39 Å². The van der Waals surface area contributed by atoms with Gasteiger partial charge in [0.25, 0.3) is 0 Å². The Morgan fingerprint density at radius 1 is 1.11 bits per heavy atom. The molecular weight excluding hydrogens is 359 g/mol. The molecule has 27 heavy (non-hydrogen) atoms. The van der Waals surface area contributed by atoms with Crippen molar-refractivity contribution in [2.45, 2.75) is 24.7 Å². The summed E-state index contributed by atoms with van der Waals surface area (Å²) >= 11 is 0. The van der Waals surface area contributed by atoms with Crippen LogP contribution < -0.4 is 0 Å². The van der Waals surface area contributed by atoms with E-state index >= 15 is 0 Å². The molecule has 0 amide bonds. The maximum Gasteiger partial charge on any atom is 0.321 e. The largest absolute Gasteiger partial charge is 0.393 e. The predicted octanol–water partition coefficient (Wildman–Crippen LogP) is 1.39. The third-order valence-electron chi connectivity index (χ3n) is 6.13. The molecule has 2 aliphatic heterocycles. The predicted molar refractivity (Wildman–Crippen MR) is 85.7 cm³/mol. The molecule has 2 saturated heterocycles. The second-order valence-corrected chi connectivity index (χ2v) is 7.25. The number of carbonyl (C=O) groups excluding carboxylic acids is 4. The van der Waals surface area contributed by atoms with Gasteiger partial charge in [0.15, 0.2) is 6.86 Å². The van der Waals surface area contributed by atoms with Crippen LogP contribution in [0.5, 0.6) is 0 Å². The van der Waals surface area contributed by atoms with Gasteiger partial charge in [-0.25, -0.2) is 4.39 Å². The SMILES string of the molecule is CC1(C2CC(=O)OC2=O)c2ccccc2C2C(=O)OC(=O)C2C1COCF. The zero-order chi connectivity index (χ0) is 19.3. The molecule has 4 rings (SSSR count). The number of carbonyl (C=O) groups is 4. The van der Waals surface area contributed by atoms with Crippen molar-refractivity contribution < 1.29 is 37.8 Å². The average molecular weight is 376 g/mol. The molecule has 2 heterocycles. The Balaban J connectivity index is 1.93. The molecule has 5 atom stereocenters. The summed E-state index contributed by atoms with van der Waals surface area (Å²) in [5.41, 5.74) is 0.145. The van der Waals surface area contributed by atoms with E-state index in [4.69, 9.17) is 14.2 Å². The topological polar surface area (TPSA) is 96.0 Å². The Labute approximate surface area is 153 Å². The Morgan fingerprint density at radius 2 is 1.85 bits per heavy atom. The van der Waals surface area contributed by atoms with Crippen molar-refractivity contribution in [3.05, 3.63) is 35.4 Å². The number of benzene rings is 1. The molecule has 1 aromatic carbocycles. The number of fused-ring (bicyclic) bond motifs is 3. The molecule has 3 aliphatic rings. The van der Waals surface area contributed by atoms with Crippen LogP contribution in [0, 0.1) is 17.8 Å². The molecule has 0 spiro atoms. The molecule has 0 bridgehead atoms. The van der Waals surface area contributed by atoms with Crippen molar-refractivity contribution in [1.29, 1.82) is 0 Å². The van der Waals surface area contributed by atoms with E-state index in [2.05, 4.69) is 0 Å². The van der Waals surface area contributed by atoms with E-state index in [-0.39, 0.29) is 13.0 Å². The third kappa shape index (κ3) is 2.43. The number of ether oxygens (including phenoxy) is 3. The monoisotopic (exact) mass is 376 g/mol. The van der Waals surface area contributed by atoms with Gasteiger partial charge < -0.3 is 14.2 Å². The second kappa shape index (κ2) is 6.23. The number of alkyl halides is 1. The number of hydrogen-bond donors (Lipinski definition) is 0. The lowest BCUT2D eigenvalue weighted by atomic mass is 9.52. The summed E-state index contributed by atoms with van der Waals surface area (Å²) < 4.78 is 27.4. The van der Waals surface area contributed by atoms with Crippen LogP contribution in [-0.2, 0) is 38.8 Å². The van der Waals surface area contributed by atoms with Gasteiger partial charge >= 0.3 is 23.9 Å². The molecule has 7 nitrogen and oxygen atoms in total. The normalized spacial score (nSPS) is 34.9. The molecule has 8 heteroatoms. The molecule has 0 aromatic heterocycles. The minimum Gasteiger partial charge on any atom is -0.393 e. The highest BCUT2D eigenvalue weighted by Crippen LogP contribution is 2.57. The first-order valence-corrected chi connectivity index (χ1v) is 8.62. The van der Waals surface area contributed by atoms with Gasteiger partial charge in [0.2, 0.25) is 0 Å². The van der Waals surface area contributed by atoms with Crippen molar-refractivity contribution in [1.82, 2.24) is 0 Å². The fraction of sp³-hybridized carbons (Fsp3) is 0.474. The summed E-state index contributed by atoms with van der Waals surface area (Å²) in [5, 5.41) is 0. The fourth-order valence-corrected chi connectivity index (χ4v) is 4.89. The summed E-state index contributed by atoms with van der Waals surface area (Å²) in [5.74, 6) is -6.12. The average Bonchev–Trinajstić information content (AvgIpc) is 3.13. The number of rotatable bonds is 4. The van der Waals surface area contributed by atoms with Crippen molar-refractivity contribution >= 4 is 23.9 Å². The van der Waals surface area contributed by atoms with Gasteiger partial charge in [-0.15, -0.1) is 0 Å². The molecule has 5 unspecified atom stereocenters. The summed E-state index contributed by atoms with van der Waals surface area (Å²) in [6.07, 6.45) is -0.157. The standard InChI is InChI=1S/C19H17FO7/c1-19(11-6-13(21)26-16(11)22)10-5-3-2-4-9(10)14-15(12(19)7-25-8-20)18(24)27-17(14)23/h2-5,11-12,14-15H,6-8H2,1H3. The van der Waals surface area contributed by atoms with Gasteiger partial charge in [-0.2, -0.15) is 0 Å². The molecule has 142 valence electrons. The van der Waals surface area contributed by atoms with E-state index in [9.17, 15) is 23.6 Å². The van der Waals surface area contributed by atoms with E-state index in [0.717, 1.165) is 0 Å². The first-order valence-electron chi connectivity index (χ1n) is 8.62. The number of halogens is 1. The first-order chi connectivity index (χ1) is 12.9. The maximum absolute atomic E-state index is 12.8. The van der Waals surface area contributed by atoms with Crippen molar-refractivity contribution in [3.8, 4) is 0 Å².